The monoisotopic (exact) mass is 315 g/mol. The molecule has 2 rings (SSSR count). The van der Waals surface area contributed by atoms with Crippen molar-refractivity contribution in [1.82, 2.24) is 10.2 Å². The van der Waals surface area contributed by atoms with Gasteiger partial charge in [-0.1, -0.05) is 0 Å². The van der Waals surface area contributed by atoms with E-state index in [1.54, 1.807) is 19.1 Å². The highest BCUT2D eigenvalue weighted by atomic mass is 16.6. The third-order valence-electron chi connectivity index (χ3n) is 2.97. The third kappa shape index (κ3) is 3.26. The number of nitriles is 1. The number of benzene rings is 1. The van der Waals surface area contributed by atoms with Gasteiger partial charge in [0.1, 0.15) is 11.4 Å². The summed E-state index contributed by atoms with van der Waals surface area (Å²) in [7, 11) is 0. The first-order valence-electron chi connectivity index (χ1n) is 6.65. The van der Waals surface area contributed by atoms with Crippen LogP contribution in [-0.4, -0.2) is 27.6 Å². The molecule has 0 saturated heterocycles. The first-order chi connectivity index (χ1) is 11.0. The SMILES string of the molecule is CCOc1ccc(C#N)cc1NC(=O)c1n[nH]c(C)c1[N+](=O)[O-]. The first-order valence-corrected chi connectivity index (χ1v) is 6.65. The van der Waals surface area contributed by atoms with Crippen LogP contribution in [0.25, 0.3) is 0 Å². The number of anilines is 1. The Hall–Kier alpha value is -3.41. The van der Waals surface area contributed by atoms with Gasteiger partial charge < -0.3 is 10.1 Å². The molecule has 0 unspecified atom stereocenters. The largest absolute Gasteiger partial charge is 0.492 e. The number of hydrogen-bond donors (Lipinski definition) is 2. The van der Waals surface area contributed by atoms with Crippen molar-refractivity contribution < 1.29 is 14.5 Å². The maximum atomic E-state index is 12.3. The van der Waals surface area contributed by atoms with Crippen LogP contribution in [0, 0.1) is 28.4 Å². The number of nitrogens with one attached hydrogen (secondary N) is 2. The van der Waals surface area contributed by atoms with Crippen LogP contribution in [0.15, 0.2) is 18.2 Å². The standard InChI is InChI=1S/C14H13N5O4/c1-3-23-11-5-4-9(7-15)6-10(11)16-14(20)12-13(19(21)22)8(2)17-18-12/h4-6H,3H2,1-2H3,(H,16,20)(H,17,18). The number of nitrogens with zero attached hydrogens (tertiary/aromatic N) is 3. The van der Waals surface area contributed by atoms with Gasteiger partial charge in [0.05, 0.1) is 28.9 Å². The van der Waals surface area contributed by atoms with Crippen LogP contribution in [0.3, 0.4) is 0 Å². The van der Waals surface area contributed by atoms with Crippen molar-refractivity contribution in [2.75, 3.05) is 11.9 Å². The van der Waals surface area contributed by atoms with E-state index in [1.165, 1.54) is 13.0 Å². The summed E-state index contributed by atoms with van der Waals surface area (Å²) in [6, 6.07) is 6.46. The molecule has 1 heterocycles. The van der Waals surface area contributed by atoms with Gasteiger partial charge in [-0.05, 0) is 32.0 Å². The second-order valence-corrected chi connectivity index (χ2v) is 4.51. The van der Waals surface area contributed by atoms with Gasteiger partial charge in [0, 0.05) is 0 Å². The summed E-state index contributed by atoms with van der Waals surface area (Å²) in [5.74, 6) is -0.410. The summed E-state index contributed by atoms with van der Waals surface area (Å²) >= 11 is 0. The topological polar surface area (TPSA) is 134 Å². The maximum absolute atomic E-state index is 12.3. The molecule has 0 spiro atoms. The van der Waals surface area contributed by atoms with Crippen LogP contribution in [-0.2, 0) is 0 Å². The lowest BCUT2D eigenvalue weighted by molar-refractivity contribution is -0.385. The molecule has 0 atom stereocenters. The molecule has 0 radical (unpaired) electrons. The van der Waals surface area contributed by atoms with Crippen LogP contribution in [0.5, 0.6) is 5.75 Å². The lowest BCUT2D eigenvalue weighted by atomic mass is 10.2. The van der Waals surface area contributed by atoms with Gasteiger partial charge in [0.15, 0.2) is 0 Å². The molecule has 9 heteroatoms. The van der Waals surface area contributed by atoms with Gasteiger partial charge >= 0.3 is 5.69 Å². The molecule has 0 bridgehead atoms. The number of aromatic nitrogens is 2. The molecule has 0 aliphatic carbocycles. The number of aryl methyl sites for hydroxylation is 1. The van der Waals surface area contributed by atoms with E-state index in [0.29, 0.717) is 17.9 Å². The number of ether oxygens (including phenoxy) is 1. The Balaban J connectivity index is 2.37. The van der Waals surface area contributed by atoms with E-state index in [1.807, 2.05) is 6.07 Å². The highest BCUT2D eigenvalue weighted by Crippen LogP contribution is 2.28. The van der Waals surface area contributed by atoms with Crippen molar-refractivity contribution in [3.8, 4) is 11.8 Å². The minimum atomic E-state index is -0.767. The molecule has 0 aliphatic heterocycles. The Bertz CT molecular complexity index is 806. The van der Waals surface area contributed by atoms with Gasteiger partial charge in [-0.25, -0.2) is 0 Å². The number of rotatable bonds is 5. The summed E-state index contributed by atoms with van der Waals surface area (Å²) in [5, 5.41) is 28.5. The zero-order valence-electron chi connectivity index (χ0n) is 12.4. The molecule has 0 fully saturated rings. The second-order valence-electron chi connectivity index (χ2n) is 4.51. The zero-order valence-corrected chi connectivity index (χ0v) is 12.4. The van der Waals surface area contributed by atoms with Crippen LogP contribution in [0.4, 0.5) is 11.4 Å². The summed E-state index contributed by atoms with van der Waals surface area (Å²) in [5.41, 5.74) is 0.00692. The summed E-state index contributed by atoms with van der Waals surface area (Å²) in [6.45, 7) is 3.58. The average Bonchev–Trinajstić information content (AvgIpc) is 2.91. The Labute approximate surface area is 131 Å². The summed E-state index contributed by atoms with van der Waals surface area (Å²) < 4.78 is 5.37. The van der Waals surface area contributed by atoms with Gasteiger partial charge in [-0.2, -0.15) is 10.4 Å². The fourth-order valence-corrected chi connectivity index (χ4v) is 1.97. The number of aromatic amines is 1. The number of carbonyl (C=O) groups is 1. The van der Waals surface area contributed by atoms with Crippen LogP contribution >= 0.6 is 0 Å². The number of H-pyrrole nitrogens is 1. The molecule has 2 N–H and O–H groups in total. The van der Waals surface area contributed by atoms with Gasteiger partial charge in [-0.15, -0.1) is 0 Å². The summed E-state index contributed by atoms with van der Waals surface area (Å²) in [4.78, 5) is 22.6. The predicted octanol–water partition coefficient (Wildman–Crippen LogP) is 2.15. The van der Waals surface area contributed by atoms with E-state index in [4.69, 9.17) is 10.00 Å². The molecule has 23 heavy (non-hydrogen) atoms. The fourth-order valence-electron chi connectivity index (χ4n) is 1.97. The molecule has 2 aromatic rings. The van der Waals surface area contributed by atoms with E-state index >= 15 is 0 Å². The van der Waals surface area contributed by atoms with Gasteiger partial charge in [0.2, 0.25) is 5.69 Å². The van der Waals surface area contributed by atoms with Crippen LogP contribution < -0.4 is 10.1 Å². The molecule has 1 amide bonds. The third-order valence-corrected chi connectivity index (χ3v) is 2.97. The number of hydrogen-bond acceptors (Lipinski definition) is 6. The minimum absolute atomic E-state index is 0.177. The van der Waals surface area contributed by atoms with Crippen molar-refractivity contribution >= 4 is 17.3 Å². The minimum Gasteiger partial charge on any atom is -0.492 e. The fraction of sp³-hybridized carbons (Fsp3) is 0.214. The number of carbonyl (C=O) groups excluding carboxylic acids is 1. The molecule has 1 aromatic heterocycles. The van der Waals surface area contributed by atoms with Crippen LogP contribution in [0.1, 0.15) is 28.7 Å². The molecule has 0 aliphatic rings. The van der Waals surface area contributed by atoms with Gasteiger partial charge in [0.25, 0.3) is 5.91 Å². The van der Waals surface area contributed by atoms with Crippen molar-refractivity contribution in [2.45, 2.75) is 13.8 Å². The van der Waals surface area contributed by atoms with Crippen molar-refractivity contribution in [1.29, 1.82) is 5.26 Å². The van der Waals surface area contributed by atoms with E-state index < -0.39 is 16.5 Å². The average molecular weight is 315 g/mol. The summed E-state index contributed by atoms with van der Waals surface area (Å²) in [6.07, 6.45) is 0. The van der Waals surface area contributed by atoms with E-state index in [0.717, 1.165) is 0 Å². The lowest BCUT2D eigenvalue weighted by Crippen LogP contribution is -2.15. The van der Waals surface area contributed by atoms with Crippen LogP contribution in [0.2, 0.25) is 0 Å². The second kappa shape index (κ2) is 6.57. The Morgan fingerprint density at radius 3 is 2.91 bits per heavy atom. The molecule has 9 nitrogen and oxygen atoms in total. The van der Waals surface area contributed by atoms with E-state index in [2.05, 4.69) is 15.5 Å². The molecular weight excluding hydrogens is 302 g/mol. The normalized spacial score (nSPS) is 9.96. The van der Waals surface area contributed by atoms with Crippen molar-refractivity contribution in [3.63, 3.8) is 0 Å². The molecule has 1 aromatic carbocycles. The maximum Gasteiger partial charge on any atom is 0.322 e. The zero-order chi connectivity index (χ0) is 17.0. The highest BCUT2D eigenvalue weighted by molar-refractivity contribution is 6.06. The van der Waals surface area contributed by atoms with E-state index in [-0.39, 0.29) is 17.1 Å². The number of amides is 1. The Morgan fingerprint density at radius 1 is 1.57 bits per heavy atom. The molecular formula is C14H13N5O4. The number of nitro groups is 1. The highest BCUT2D eigenvalue weighted by Gasteiger charge is 2.27. The molecule has 118 valence electrons. The molecule has 0 saturated carbocycles. The Morgan fingerprint density at radius 2 is 2.30 bits per heavy atom. The Kier molecular flexibility index (Phi) is 4.56. The van der Waals surface area contributed by atoms with Gasteiger partial charge in [-0.3, -0.25) is 20.0 Å². The first kappa shape index (κ1) is 16.0. The quantitative estimate of drug-likeness (QED) is 0.641. The smallest absolute Gasteiger partial charge is 0.322 e. The van der Waals surface area contributed by atoms with E-state index in [9.17, 15) is 14.9 Å². The van der Waals surface area contributed by atoms with Crippen molar-refractivity contribution in [2.24, 2.45) is 0 Å². The van der Waals surface area contributed by atoms with Crippen molar-refractivity contribution in [3.05, 3.63) is 45.3 Å². The lowest BCUT2D eigenvalue weighted by Gasteiger charge is -2.11. The predicted molar refractivity (Wildman–Crippen MR) is 80.3 cm³/mol.